The van der Waals surface area contributed by atoms with Gasteiger partial charge in [-0.15, -0.1) is 0 Å². The molecule has 1 aromatic rings. The molecule has 0 spiro atoms. The number of halogens is 1. The molecule has 1 atom stereocenters. The van der Waals surface area contributed by atoms with Gasteiger partial charge in [0.25, 0.3) is 5.91 Å². The van der Waals surface area contributed by atoms with Gasteiger partial charge in [-0.3, -0.25) is 4.79 Å². The van der Waals surface area contributed by atoms with E-state index in [0.29, 0.717) is 5.75 Å². The number of rotatable bonds is 4. The highest BCUT2D eigenvalue weighted by Crippen LogP contribution is 2.23. The van der Waals surface area contributed by atoms with Gasteiger partial charge >= 0.3 is 0 Å². The molecular formula is C14H18BrNO3. The van der Waals surface area contributed by atoms with E-state index in [-0.39, 0.29) is 12.5 Å². The molecule has 1 amide bonds. The summed E-state index contributed by atoms with van der Waals surface area (Å²) in [5.41, 5.74) is 0.748. The zero-order valence-electron chi connectivity index (χ0n) is 10.9. The van der Waals surface area contributed by atoms with Gasteiger partial charge < -0.3 is 14.7 Å². The van der Waals surface area contributed by atoms with Gasteiger partial charge in [0.15, 0.2) is 6.10 Å². The van der Waals surface area contributed by atoms with Gasteiger partial charge in [-0.05, 0) is 43.5 Å². The van der Waals surface area contributed by atoms with Crippen molar-refractivity contribution in [3.63, 3.8) is 0 Å². The second-order valence-corrected chi connectivity index (χ2v) is 5.56. The van der Waals surface area contributed by atoms with Crippen LogP contribution in [-0.2, 0) is 11.4 Å². The smallest absolute Gasteiger partial charge is 0.263 e. The molecule has 0 bridgehead atoms. The third-order valence-electron chi connectivity index (χ3n) is 3.27. The summed E-state index contributed by atoms with van der Waals surface area (Å²) in [6.07, 6.45) is 1.65. The van der Waals surface area contributed by atoms with Gasteiger partial charge in [0.05, 0.1) is 6.61 Å². The molecule has 5 heteroatoms. The van der Waals surface area contributed by atoms with Crippen LogP contribution in [0.25, 0.3) is 0 Å². The number of nitrogens with zero attached hydrogens (tertiary/aromatic N) is 1. The Hall–Kier alpha value is -1.07. The van der Waals surface area contributed by atoms with E-state index in [4.69, 9.17) is 4.74 Å². The van der Waals surface area contributed by atoms with E-state index in [2.05, 4.69) is 15.9 Å². The zero-order chi connectivity index (χ0) is 13.8. The molecule has 104 valence electrons. The zero-order valence-corrected chi connectivity index (χ0v) is 12.5. The second kappa shape index (κ2) is 6.39. The number of likely N-dealkylation sites (tertiary alicyclic amines) is 1. The number of hydrogen-bond acceptors (Lipinski definition) is 3. The molecule has 1 unspecified atom stereocenters. The fourth-order valence-electron chi connectivity index (χ4n) is 2.19. The van der Waals surface area contributed by atoms with Gasteiger partial charge in [-0.1, -0.05) is 15.9 Å². The summed E-state index contributed by atoms with van der Waals surface area (Å²) in [6, 6.07) is 5.35. The van der Waals surface area contributed by atoms with Crippen LogP contribution in [0.2, 0.25) is 0 Å². The number of carbonyl (C=O) groups is 1. The number of hydrogen-bond donors (Lipinski definition) is 1. The number of ether oxygens (including phenoxy) is 1. The highest BCUT2D eigenvalue weighted by atomic mass is 79.9. The normalized spacial score (nSPS) is 16.5. The van der Waals surface area contributed by atoms with Crippen molar-refractivity contribution in [3.8, 4) is 5.75 Å². The van der Waals surface area contributed by atoms with Crippen LogP contribution in [0, 0.1) is 0 Å². The molecule has 1 N–H and O–H groups in total. The van der Waals surface area contributed by atoms with Crippen molar-refractivity contribution in [2.45, 2.75) is 32.5 Å². The Labute approximate surface area is 121 Å². The minimum Gasteiger partial charge on any atom is -0.481 e. The summed E-state index contributed by atoms with van der Waals surface area (Å²) in [5.74, 6) is 0.637. The average Bonchev–Trinajstić information content (AvgIpc) is 2.94. The van der Waals surface area contributed by atoms with Gasteiger partial charge in [-0.2, -0.15) is 0 Å². The fourth-order valence-corrected chi connectivity index (χ4v) is 2.57. The van der Waals surface area contributed by atoms with Gasteiger partial charge in [0.2, 0.25) is 0 Å². The minimum absolute atomic E-state index is 0.0333. The largest absolute Gasteiger partial charge is 0.481 e. The Kier molecular flexibility index (Phi) is 4.82. The first-order valence-corrected chi connectivity index (χ1v) is 7.26. The Morgan fingerprint density at radius 3 is 2.79 bits per heavy atom. The van der Waals surface area contributed by atoms with Crippen molar-refractivity contribution in [2.75, 3.05) is 13.1 Å². The molecule has 0 radical (unpaired) electrons. The molecule has 0 saturated carbocycles. The highest BCUT2D eigenvalue weighted by molar-refractivity contribution is 9.10. The van der Waals surface area contributed by atoms with Crippen LogP contribution in [0.1, 0.15) is 25.3 Å². The Morgan fingerprint density at radius 2 is 2.16 bits per heavy atom. The average molecular weight is 328 g/mol. The fraction of sp³-hybridized carbons (Fsp3) is 0.500. The maximum Gasteiger partial charge on any atom is 0.263 e. The molecular weight excluding hydrogens is 310 g/mol. The lowest BCUT2D eigenvalue weighted by Gasteiger charge is -2.21. The molecule has 1 aromatic carbocycles. The number of aliphatic hydroxyl groups is 1. The predicted octanol–water partition coefficient (Wildman–Crippen LogP) is 2.33. The second-order valence-electron chi connectivity index (χ2n) is 4.70. The molecule has 1 fully saturated rings. The van der Waals surface area contributed by atoms with Crippen molar-refractivity contribution in [1.82, 2.24) is 4.90 Å². The third-order valence-corrected chi connectivity index (χ3v) is 4.04. The standard InChI is InChI=1S/C14H18BrNO3/c1-10(14(18)16-6-2-3-7-16)19-12-4-5-13(15)11(8-12)9-17/h4-5,8,10,17H,2-3,6-7,9H2,1H3. The van der Waals surface area contributed by atoms with Crippen LogP contribution in [0.5, 0.6) is 5.75 Å². The summed E-state index contributed by atoms with van der Waals surface area (Å²) in [7, 11) is 0. The van der Waals surface area contributed by atoms with Crippen LogP contribution in [0.15, 0.2) is 22.7 Å². The summed E-state index contributed by atoms with van der Waals surface area (Å²) >= 11 is 3.35. The van der Waals surface area contributed by atoms with Crippen molar-refractivity contribution in [2.24, 2.45) is 0 Å². The van der Waals surface area contributed by atoms with E-state index < -0.39 is 6.10 Å². The molecule has 1 heterocycles. The molecule has 4 nitrogen and oxygen atoms in total. The van der Waals surface area contributed by atoms with Gasteiger partial charge in [-0.25, -0.2) is 0 Å². The van der Waals surface area contributed by atoms with Crippen molar-refractivity contribution in [3.05, 3.63) is 28.2 Å². The molecule has 1 aliphatic heterocycles. The van der Waals surface area contributed by atoms with Crippen molar-refractivity contribution in [1.29, 1.82) is 0 Å². The number of benzene rings is 1. The lowest BCUT2D eigenvalue weighted by Crippen LogP contribution is -2.38. The van der Waals surface area contributed by atoms with Gasteiger partial charge in [0, 0.05) is 17.6 Å². The molecule has 19 heavy (non-hydrogen) atoms. The maximum atomic E-state index is 12.1. The summed E-state index contributed by atoms with van der Waals surface area (Å²) < 4.78 is 6.50. The first kappa shape index (κ1) is 14.3. The minimum atomic E-state index is -0.495. The molecule has 0 aromatic heterocycles. The lowest BCUT2D eigenvalue weighted by molar-refractivity contribution is -0.136. The number of aliphatic hydroxyl groups excluding tert-OH is 1. The van der Waals surface area contributed by atoms with Crippen LogP contribution in [-0.4, -0.2) is 35.1 Å². The number of amides is 1. The van der Waals surface area contributed by atoms with E-state index in [1.54, 1.807) is 19.1 Å². The maximum absolute atomic E-state index is 12.1. The predicted molar refractivity (Wildman–Crippen MR) is 76.0 cm³/mol. The van der Waals surface area contributed by atoms with E-state index in [0.717, 1.165) is 36.0 Å². The Morgan fingerprint density at radius 1 is 1.47 bits per heavy atom. The molecule has 1 saturated heterocycles. The third kappa shape index (κ3) is 3.48. The van der Waals surface area contributed by atoms with Crippen LogP contribution < -0.4 is 4.74 Å². The van der Waals surface area contributed by atoms with E-state index in [1.807, 2.05) is 11.0 Å². The molecule has 0 aliphatic carbocycles. The quantitative estimate of drug-likeness (QED) is 0.923. The van der Waals surface area contributed by atoms with Gasteiger partial charge in [0.1, 0.15) is 5.75 Å². The van der Waals surface area contributed by atoms with E-state index in [1.165, 1.54) is 0 Å². The SMILES string of the molecule is CC(Oc1ccc(Br)c(CO)c1)C(=O)N1CCCC1. The first-order chi connectivity index (χ1) is 9.11. The van der Waals surface area contributed by atoms with Crippen molar-refractivity contribution >= 4 is 21.8 Å². The van der Waals surface area contributed by atoms with Crippen LogP contribution >= 0.6 is 15.9 Å². The van der Waals surface area contributed by atoms with E-state index in [9.17, 15) is 9.90 Å². The molecule has 1 aliphatic rings. The van der Waals surface area contributed by atoms with Crippen LogP contribution in [0.4, 0.5) is 0 Å². The Bertz CT molecular complexity index is 458. The Balaban J connectivity index is 2.01. The number of carbonyl (C=O) groups excluding carboxylic acids is 1. The topological polar surface area (TPSA) is 49.8 Å². The summed E-state index contributed by atoms with van der Waals surface area (Å²) in [5, 5.41) is 9.20. The van der Waals surface area contributed by atoms with Crippen LogP contribution in [0.3, 0.4) is 0 Å². The lowest BCUT2D eigenvalue weighted by atomic mass is 10.2. The molecule has 2 rings (SSSR count). The highest BCUT2D eigenvalue weighted by Gasteiger charge is 2.24. The summed E-state index contributed by atoms with van der Waals surface area (Å²) in [4.78, 5) is 14.0. The van der Waals surface area contributed by atoms with Crippen molar-refractivity contribution < 1.29 is 14.6 Å². The first-order valence-electron chi connectivity index (χ1n) is 6.46. The van der Waals surface area contributed by atoms with E-state index >= 15 is 0 Å². The summed E-state index contributed by atoms with van der Waals surface area (Å²) in [6.45, 7) is 3.36. The monoisotopic (exact) mass is 327 g/mol.